The molecule has 0 saturated heterocycles. The van der Waals surface area contributed by atoms with E-state index < -0.39 is 6.09 Å². The Morgan fingerprint density at radius 3 is 2.89 bits per heavy atom. The van der Waals surface area contributed by atoms with Crippen LogP contribution in [0.3, 0.4) is 0 Å². The zero-order valence-corrected chi connectivity index (χ0v) is 14.3. The van der Waals surface area contributed by atoms with Gasteiger partial charge in [-0.05, 0) is 42.8 Å². The van der Waals surface area contributed by atoms with Gasteiger partial charge in [0.05, 0.1) is 34.2 Å². The van der Waals surface area contributed by atoms with E-state index in [4.69, 9.17) is 15.5 Å². The Labute approximate surface area is 152 Å². The van der Waals surface area contributed by atoms with Crippen LogP contribution in [-0.4, -0.2) is 15.6 Å². The summed E-state index contributed by atoms with van der Waals surface area (Å²) in [6.45, 7) is 1.77. The molecule has 0 bridgehead atoms. The Bertz CT molecular complexity index is 1170. The molecule has 27 heavy (non-hydrogen) atoms. The zero-order chi connectivity index (χ0) is 19.1. The lowest BCUT2D eigenvalue weighted by atomic mass is 10.1. The van der Waals surface area contributed by atoms with Gasteiger partial charge in [0.2, 0.25) is 0 Å². The van der Waals surface area contributed by atoms with Crippen LogP contribution in [0.25, 0.3) is 22.3 Å². The topological polar surface area (TPSA) is 126 Å². The average molecular weight is 366 g/mol. The van der Waals surface area contributed by atoms with Gasteiger partial charge in [-0.15, -0.1) is 4.91 Å². The van der Waals surface area contributed by atoms with Crippen molar-refractivity contribution in [2.75, 3.05) is 0 Å². The number of benzene rings is 1. The van der Waals surface area contributed by atoms with Crippen molar-refractivity contribution in [3.63, 3.8) is 0 Å². The van der Waals surface area contributed by atoms with Crippen molar-refractivity contribution in [3.05, 3.63) is 62.3 Å². The molecule has 3 heterocycles. The lowest BCUT2D eigenvalue weighted by molar-refractivity contribution is 0.149. The van der Waals surface area contributed by atoms with Gasteiger partial charge in [0, 0.05) is 10.9 Å². The molecule has 0 aliphatic carbocycles. The van der Waals surface area contributed by atoms with Gasteiger partial charge in [-0.1, -0.05) is 0 Å². The molecule has 136 valence electrons. The van der Waals surface area contributed by atoms with Crippen LogP contribution in [0, 0.1) is 11.8 Å². The molecule has 0 unspecified atom stereocenters. The van der Waals surface area contributed by atoms with Crippen molar-refractivity contribution in [3.8, 4) is 17.1 Å². The monoisotopic (exact) mass is 366 g/mol. The minimum Gasteiger partial charge on any atom is -0.441 e. The predicted molar refractivity (Wildman–Crippen MR) is 96.1 cm³/mol. The molecule has 1 aliphatic heterocycles. The van der Waals surface area contributed by atoms with Gasteiger partial charge in [-0.3, -0.25) is 4.79 Å². The molecule has 9 heteroatoms. The number of ether oxygens (including phenoxy) is 1. The summed E-state index contributed by atoms with van der Waals surface area (Å²) in [6, 6.07) is 9.05. The highest BCUT2D eigenvalue weighted by molar-refractivity contribution is 5.85. The number of rotatable bonds is 3. The van der Waals surface area contributed by atoms with Crippen molar-refractivity contribution in [1.82, 2.24) is 9.55 Å². The van der Waals surface area contributed by atoms with E-state index in [9.17, 15) is 14.5 Å². The first kappa shape index (κ1) is 16.9. The quantitative estimate of drug-likeness (QED) is 0.436. The third-order valence-corrected chi connectivity index (χ3v) is 4.61. The number of nitroso groups, excluding NO2 is 1. The summed E-state index contributed by atoms with van der Waals surface area (Å²) < 4.78 is 6.26. The lowest BCUT2D eigenvalue weighted by Crippen LogP contribution is -2.25. The van der Waals surface area contributed by atoms with Crippen LogP contribution in [0.1, 0.15) is 16.7 Å². The maximum Gasteiger partial charge on any atom is 0.470 e. The first-order valence-corrected chi connectivity index (χ1v) is 8.06. The molecule has 3 aromatic rings. The second kappa shape index (κ2) is 6.29. The Kier molecular flexibility index (Phi) is 3.93. The summed E-state index contributed by atoms with van der Waals surface area (Å²) in [6.07, 6.45) is -1.26. The summed E-state index contributed by atoms with van der Waals surface area (Å²) in [5, 5.41) is 3.01. The number of hydrogen-bond donors (Lipinski definition) is 1. The Morgan fingerprint density at radius 1 is 1.33 bits per heavy atom. The maximum absolute atomic E-state index is 12.8. The van der Waals surface area contributed by atoms with E-state index in [1.54, 1.807) is 29.7 Å². The average Bonchev–Trinajstić information content (AvgIpc) is 3.02. The van der Waals surface area contributed by atoms with Gasteiger partial charge >= 0.3 is 6.09 Å². The smallest absolute Gasteiger partial charge is 0.441 e. The molecule has 0 atom stereocenters. The van der Waals surface area contributed by atoms with Gasteiger partial charge in [0.1, 0.15) is 12.4 Å². The van der Waals surface area contributed by atoms with Crippen molar-refractivity contribution < 1.29 is 14.4 Å². The molecule has 2 N–H and O–H groups in total. The second-order valence-electron chi connectivity index (χ2n) is 6.20. The number of carbonyl (C=O) groups excluding carboxylic acids is 1. The molecule has 9 nitrogen and oxygen atoms in total. The molecular weight excluding hydrogens is 352 g/mol. The molecule has 0 radical (unpaired) electrons. The van der Waals surface area contributed by atoms with E-state index >= 15 is 0 Å². The first-order valence-electron chi connectivity index (χ1n) is 8.06. The number of carbonyl (C=O) groups is 1. The minimum atomic E-state index is -1.26. The highest BCUT2D eigenvalue weighted by Gasteiger charge is 2.24. The molecule has 0 saturated carbocycles. The van der Waals surface area contributed by atoms with E-state index in [0.29, 0.717) is 29.1 Å². The second-order valence-corrected chi connectivity index (χ2v) is 6.20. The van der Waals surface area contributed by atoms with Crippen LogP contribution in [0.4, 0.5) is 4.79 Å². The summed E-state index contributed by atoms with van der Waals surface area (Å²) >= 11 is 0. The van der Waals surface area contributed by atoms with Gasteiger partial charge < -0.3 is 14.1 Å². The van der Waals surface area contributed by atoms with Crippen LogP contribution in [0.2, 0.25) is 0 Å². The molecule has 4 rings (SSSR count). The largest absolute Gasteiger partial charge is 0.470 e. The van der Waals surface area contributed by atoms with Gasteiger partial charge in [-0.25, -0.2) is 9.78 Å². The highest BCUT2D eigenvalue weighted by atomic mass is 16.6. The van der Waals surface area contributed by atoms with Crippen molar-refractivity contribution in [2.45, 2.75) is 20.1 Å². The predicted octanol–water partition coefficient (Wildman–Crippen LogP) is 2.39. The fourth-order valence-electron chi connectivity index (χ4n) is 3.28. The number of aryl methyl sites for hydroxylation is 1. The molecule has 1 amide bonds. The SMILES string of the molecule is Cc1cc2n(c(=O)c1COC(=O)N=O)Cc1cc3cc(ON)ccc3nc1-2. The Balaban J connectivity index is 1.80. The van der Waals surface area contributed by atoms with Crippen LogP contribution in [-0.2, 0) is 17.9 Å². The molecule has 0 fully saturated rings. The van der Waals surface area contributed by atoms with Crippen LogP contribution >= 0.6 is 0 Å². The fourth-order valence-corrected chi connectivity index (χ4v) is 3.28. The van der Waals surface area contributed by atoms with Crippen molar-refractivity contribution in [2.24, 2.45) is 11.1 Å². The zero-order valence-electron chi connectivity index (χ0n) is 14.3. The van der Waals surface area contributed by atoms with Crippen LogP contribution < -0.4 is 16.3 Å². The molecular formula is C18H14N4O5. The van der Waals surface area contributed by atoms with Gasteiger partial charge in [0.25, 0.3) is 5.56 Å². The lowest BCUT2D eigenvalue weighted by Gasteiger charge is -2.10. The number of hydrogen-bond acceptors (Lipinski definition) is 7. The summed E-state index contributed by atoms with van der Waals surface area (Å²) in [5.74, 6) is 5.72. The van der Waals surface area contributed by atoms with Gasteiger partial charge in [0.15, 0.2) is 0 Å². The summed E-state index contributed by atoms with van der Waals surface area (Å²) in [4.78, 5) is 43.4. The van der Waals surface area contributed by atoms with E-state index in [2.05, 4.69) is 10.2 Å². The maximum atomic E-state index is 12.8. The summed E-state index contributed by atoms with van der Waals surface area (Å²) in [7, 11) is 0. The van der Waals surface area contributed by atoms with Crippen LogP contribution in [0.5, 0.6) is 5.75 Å². The van der Waals surface area contributed by atoms with Crippen molar-refractivity contribution in [1.29, 1.82) is 0 Å². The van der Waals surface area contributed by atoms with Crippen LogP contribution in [0.15, 0.2) is 40.3 Å². The molecule has 2 aromatic heterocycles. The van der Waals surface area contributed by atoms with Crippen molar-refractivity contribution >= 4 is 17.0 Å². The number of amides is 1. The Morgan fingerprint density at radius 2 is 2.15 bits per heavy atom. The standard InChI is InChI=1S/C18H14N4O5/c1-9-4-15-16-11(5-10-6-12(27-19)2-3-14(10)20-16)7-22(15)17(23)13(9)8-26-18(24)21-25/h2-6H,7-8,19H2,1H3. The van der Waals surface area contributed by atoms with Gasteiger partial charge in [-0.2, -0.15) is 5.90 Å². The van der Waals surface area contributed by atoms with E-state index in [0.717, 1.165) is 22.2 Å². The third kappa shape index (κ3) is 2.74. The number of fused-ring (bicyclic) bond motifs is 4. The molecule has 1 aliphatic rings. The Hall–Kier alpha value is -3.59. The number of pyridine rings is 2. The third-order valence-electron chi connectivity index (χ3n) is 4.61. The number of nitrogens with two attached hydrogens (primary N) is 1. The number of nitrogens with zero attached hydrogens (tertiary/aromatic N) is 3. The minimum absolute atomic E-state index is 0.295. The number of aromatic nitrogens is 2. The normalized spacial score (nSPS) is 11.8. The van der Waals surface area contributed by atoms with E-state index in [1.807, 2.05) is 12.1 Å². The molecule has 1 aromatic carbocycles. The highest BCUT2D eigenvalue weighted by Crippen LogP contribution is 2.33. The van der Waals surface area contributed by atoms with E-state index in [1.165, 1.54) is 0 Å². The first-order chi connectivity index (χ1) is 13.0. The summed E-state index contributed by atoms with van der Waals surface area (Å²) in [5.41, 5.74) is 3.70. The van der Waals surface area contributed by atoms with E-state index in [-0.39, 0.29) is 12.2 Å². The molecule has 0 spiro atoms. The fraction of sp³-hybridized carbons (Fsp3) is 0.167.